The molecule has 2 bridgehead atoms. The second-order valence-electron chi connectivity index (χ2n) is 35.9. The van der Waals surface area contributed by atoms with Crippen molar-refractivity contribution in [3.8, 4) is 34.5 Å². The molecule has 3 saturated carbocycles. The maximum atomic E-state index is 12.0. The summed E-state index contributed by atoms with van der Waals surface area (Å²) in [5.41, 5.74) is 4.46. The minimum atomic E-state index is -4.48. The summed E-state index contributed by atoms with van der Waals surface area (Å²) >= 11 is 0. The number of aromatic hydroxyl groups is 1. The van der Waals surface area contributed by atoms with E-state index in [1.165, 1.54) is 138 Å². The zero-order valence-corrected chi connectivity index (χ0v) is 80.4. The molecule has 0 saturated heterocycles. The summed E-state index contributed by atoms with van der Waals surface area (Å²) in [6.45, 7) is 28.9. The van der Waals surface area contributed by atoms with Gasteiger partial charge in [-0.1, -0.05) is 246 Å². The van der Waals surface area contributed by atoms with Gasteiger partial charge in [0.2, 0.25) is 16.1 Å². The van der Waals surface area contributed by atoms with Crippen molar-refractivity contribution in [2.45, 2.75) is 230 Å². The van der Waals surface area contributed by atoms with Crippen LogP contribution in [-0.2, 0) is 56.4 Å². The number of hydrogen-bond donors (Lipinski definition) is 1. The molecule has 10 atom stereocenters. The van der Waals surface area contributed by atoms with Gasteiger partial charge < -0.3 is 37.9 Å². The third-order valence-corrected chi connectivity index (χ3v) is 32.3. The quantitative estimate of drug-likeness (QED) is 0.0233. The van der Waals surface area contributed by atoms with Crippen LogP contribution in [0.3, 0.4) is 0 Å². The fourth-order valence-corrected chi connectivity index (χ4v) is 22.3. The maximum absolute atomic E-state index is 12.0. The smallest absolute Gasteiger partial charge is 0.316 e. The van der Waals surface area contributed by atoms with E-state index in [4.69, 9.17) is 28.8 Å². The molecule has 0 amide bonds. The largest absolute Gasteiger partial charge is 0.744 e. The van der Waals surface area contributed by atoms with Crippen LogP contribution in [0.1, 0.15) is 201 Å². The van der Waals surface area contributed by atoms with E-state index in [1.54, 1.807) is 42.5 Å². The van der Waals surface area contributed by atoms with Gasteiger partial charge in [0, 0.05) is 5.92 Å². The fourth-order valence-electron chi connectivity index (χ4n) is 17.0. The molecule has 4 aliphatic carbocycles. The van der Waals surface area contributed by atoms with Crippen molar-refractivity contribution in [1.82, 2.24) is 0 Å². The predicted molar refractivity (Wildman–Crippen MR) is 523 cm³/mol. The Balaban J connectivity index is 0.000000139. The van der Waals surface area contributed by atoms with Crippen molar-refractivity contribution >= 4 is 75.5 Å². The van der Waals surface area contributed by atoms with Gasteiger partial charge in [-0.25, -0.2) is 16.8 Å². The molecule has 13 aromatic rings. The number of ether oxygens (including phenoxy) is 5. The number of carbonyl (C=O) groups is 2. The number of fused-ring (bicyclic) bond motifs is 8. The van der Waals surface area contributed by atoms with Crippen LogP contribution in [0.15, 0.2) is 355 Å². The van der Waals surface area contributed by atoms with Gasteiger partial charge in [0.15, 0.2) is 31.1 Å². The van der Waals surface area contributed by atoms with Crippen molar-refractivity contribution in [1.29, 1.82) is 0 Å². The third-order valence-electron chi connectivity index (χ3n) is 26.1. The Kier molecular flexibility index (Phi) is 33.9. The van der Waals surface area contributed by atoms with Crippen LogP contribution in [-0.4, -0.2) is 55.4 Å². The van der Waals surface area contributed by atoms with Gasteiger partial charge >= 0.3 is 11.9 Å². The predicted octanol–water partition coefficient (Wildman–Crippen LogP) is 28.1. The van der Waals surface area contributed by atoms with Gasteiger partial charge in [-0.05, 0) is 316 Å². The van der Waals surface area contributed by atoms with E-state index in [-0.39, 0.29) is 55.6 Å². The molecule has 5 aliphatic rings. The van der Waals surface area contributed by atoms with Crippen LogP contribution in [0.2, 0.25) is 0 Å². The molecule has 0 radical (unpaired) electrons. The highest BCUT2D eigenvalue weighted by atomic mass is 32.2. The topological polar surface area (TPSA) is 215 Å². The first-order chi connectivity index (χ1) is 62.3. The van der Waals surface area contributed by atoms with Gasteiger partial charge in [-0.3, -0.25) is 9.59 Å². The first kappa shape index (κ1) is 98.2. The Morgan fingerprint density at radius 3 is 1.36 bits per heavy atom. The summed E-state index contributed by atoms with van der Waals surface area (Å²) in [4.78, 5) is 31.2. The normalized spacial score (nSPS) is 18.1. The highest BCUT2D eigenvalue weighted by Gasteiger charge is 2.55. The molecule has 0 aromatic heterocycles. The number of hydrogen-bond acceptors (Lipinski definition) is 14. The summed E-state index contributed by atoms with van der Waals surface area (Å²) < 4.78 is 94.4. The van der Waals surface area contributed by atoms with Crippen molar-refractivity contribution in [3.63, 3.8) is 0 Å². The minimum absolute atomic E-state index is 0.0146. The van der Waals surface area contributed by atoms with Crippen molar-refractivity contribution in [2.24, 2.45) is 40.4 Å². The molecule has 1 aliphatic heterocycles. The molecule has 130 heavy (non-hydrogen) atoms. The molecular weight excluding hydrogens is 1700 g/mol. The van der Waals surface area contributed by atoms with Gasteiger partial charge in [0.1, 0.15) is 54.1 Å². The molecular formula is C112H124O14S4. The molecule has 680 valence electrons. The van der Waals surface area contributed by atoms with Crippen LogP contribution in [0.4, 0.5) is 0 Å². The van der Waals surface area contributed by atoms with E-state index in [0.29, 0.717) is 64.4 Å². The molecule has 18 rings (SSSR count). The second kappa shape index (κ2) is 44.9. The summed E-state index contributed by atoms with van der Waals surface area (Å²) in [7, 11) is -8.88. The van der Waals surface area contributed by atoms with Crippen LogP contribution in [0, 0.1) is 40.4 Å². The third kappa shape index (κ3) is 25.1. The SMILES string of the molecule is CC1c2cccc3cccc(c23)C1C.CCC(C)(C)C(=O)Oc1ccc(O)cc1.CCC(C)(C)C(=O)Oc1ccc2cc(S(=O)(=O)[O-])ccc2c1.CCC(C)c1ccc(OC(OC2CC3CC2C2CCCC32)C(C)C)cc1.CCC(C)c1ccc(S(=O)(=O)[O-])cc1.c1ccc([S+](c2ccccc2)c2ccccc2)cc1.c1ccc([S+]2c3ccccc3Oc3ccccc32)cc1. The number of esters is 2. The maximum Gasteiger partial charge on any atom is 0.316 e. The van der Waals surface area contributed by atoms with Crippen molar-refractivity contribution < 1.29 is 64.3 Å². The molecule has 0 spiro atoms. The van der Waals surface area contributed by atoms with Gasteiger partial charge in [-0.15, -0.1) is 0 Å². The lowest BCUT2D eigenvalue weighted by atomic mass is 9.80. The average Bonchev–Trinajstić information content (AvgIpc) is 1.53. The summed E-state index contributed by atoms with van der Waals surface area (Å²) in [6, 6.07) is 103. The molecule has 18 heteroatoms. The fraction of sp³-hybridized carbons (Fsp3) is 0.321. The number of phenolic OH excluding ortho intramolecular Hbond substituents is 1. The number of para-hydroxylation sites is 2. The van der Waals surface area contributed by atoms with Crippen molar-refractivity contribution in [3.05, 3.63) is 338 Å². The zero-order chi connectivity index (χ0) is 93.0. The summed E-state index contributed by atoms with van der Waals surface area (Å²) in [5, 5.41) is 13.2. The molecule has 1 heterocycles. The summed E-state index contributed by atoms with van der Waals surface area (Å²) in [5.74, 6) is 9.71. The lowest BCUT2D eigenvalue weighted by Crippen LogP contribution is -2.37. The highest BCUT2D eigenvalue weighted by molar-refractivity contribution is 7.97. The number of benzene rings is 13. The van der Waals surface area contributed by atoms with Crippen molar-refractivity contribution in [2.75, 3.05) is 0 Å². The highest BCUT2D eigenvalue weighted by Crippen LogP contribution is 2.60. The van der Waals surface area contributed by atoms with E-state index >= 15 is 0 Å². The number of carbonyl (C=O) groups excluding carboxylic acids is 2. The number of rotatable bonds is 21. The summed E-state index contributed by atoms with van der Waals surface area (Å²) in [6.07, 6.45) is 10.9. The van der Waals surface area contributed by atoms with Crippen LogP contribution in [0.25, 0.3) is 21.5 Å². The molecule has 3 fully saturated rings. The lowest BCUT2D eigenvalue weighted by molar-refractivity contribution is -0.162. The van der Waals surface area contributed by atoms with Gasteiger partial charge in [-0.2, -0.15) is 0 Å². The number of phenols is 1. The average molecular weight is 1820 g/mol. The van der Waals surface area contributed by atoms with E-state index in [0.717, 1.165) is 59.3 Å². The zero-order valence-electron chi connectivity index (χ0n) is 77.1. The van der Waals surface area contributed by atoms with Crippen LogP contribution in [0.5, 0.6) is 34.5 Å². The van der Waals surface area contributed by atoms with Gasteiger partial charge in [0.25, 0.3) is 0 Å². The Bertz CT molecular complexity index is 5910. The molecule has 13 aromatic carbocycles. The van der Waals surface area contributed by atoms with E-state index < -0.39 is 31.1 Å². The Morgan fingerprint density at radius 1 is 0.462 bits per heavy atom. The van der Waals surface area contributed by atoms with Crippen LogP contribution >= 0.6 is 0 Å². The van der Waals surface area contributed by atoms with E-state index in [2.05, 4.69) is 262 Å². The first-order valence-corrected chi connectivity index (χ1v) is 50.8. The Morgan fingerprint density at radius 2 is 0.885 bits per heavy atom. The lowest BCUT2D eigenvalue weighted by Gasteiger charge is -2.35. The molecule has 14 nitrogen and oxygen atoms in total. The second-order valence-corrected chi connectivity index (χ2v) is 42.6. The molecule has 10 unspecified atom stereocenters. The minimum Gasteiger partial charge on any atom is -0.744 e. The van der Waals surface area contributed by atoms with E-state index in [9.17, 15) is 35.5 Å². The monoisotopic (exact) mass is 1820 g/mol. The molecule has 1 N–H and O–H groups in total. The van der Waals surface area contributed by atoms with Gasteiger partial charge in [0.05, 0.1) is 37.6 Å². The van der Waals surface area contributed by atoms with E-state index in [1.807, 2.05) is 65.8 Å². The standard InChI is InChI=1S/C24H36O2.C18H13OS.C18H15S.C16H18O5S.C14H14.C12H16O3.C10H14O3S/c1-5-16(4)17-9-11-19(12-10-17)25-24(15(2)3)26-23-14-18-13-22(23)21-8-6-7-20(18)21;1-2-8-14(9-3-1)20-17-12-6-4-10-15(17)19-16-11-5-7-13-18(16)20;1-4-10-16(11-5-1)19(17-12-6-2-7-13-17)18-14-8-3-9-15-18;1-4-16(2,3)15(17)21-13-7-5-12-10-14(22(18,19)20)8-6-11(12)9-13;1-9-10(2)13-8-4-6-11-5-3-7-12(9)14(11)13;1-4-12(2,3)11(14)15-10-7-5-9(13)6-8-10;1-3-8(2)9-4-6-10(7-5-9)14(11,12)13/h9-12,15-16,18,20-24H,5-8,13-14H2,1-4H3;1-13H;1-15H;5-10H,4H2,1-3H3,(H,18,19,20);3-10H,1-2H3;5-8,13H,4H2,1-3H3;4-8H,3H2,1-2H3,(H,11,12,13)/q;2*+1;;;;/p-2. The first-order valence-electron chi connectivity index (χ1n) is 45.5. The Labute approximate surface area is 776 Å². The Hall–Kier alpha value is -10.8. The van der Waals surface area contributed by atoms with Crippen LogP contribution < -0.4 is 18.9 Å².